The Kier molecular flexibility index (Phi) is 7.26. The number of carbonyl (C=O) groups is 1. The summed E-state index contributed by atoms with van der Waals surface area (Å²) in [6.45, 7) is 0.739. The fourth-order valence-electron chi connectivity index (χ4n) is 1.07. The molecule has 0 atom stereocenters. The third kappa shape index (κ3) is 5.84. The average molecular weight is 245 g/mol. The molecule has 2 N–H and O–H groups in total. The number of hydrogen-bond donors (Lipinski definition) is 2. The number of nitrogens with one attached hydrogen (secondary N) is 1. The van der Waals surface area contributed by atoms with Gasteiger partial charge in [-0.15, -0.1) is 0 Å². The summed E-state index contributed by atoms with van der Waals surface area (Å²) in [5, 5.41) is 11.2. The van der Waals surface area contributed by atoms with Gasteiger partial charge in [0.25, 0.3) is 0 Å². The van der Waals surface area contributed by atoms with Crippen molar-refractivity contribution in [2.24, 2.45) is 0 Å². The van der Waals surface area contributed by atoms with Gasteiger partial charge in [-0.2, -0.15) is 0 Å². The monoisotopic (exact) mass is 243 g/mol. The topological polar surface area (TPSA) is 49.3 Å². The Morgan fingerprint density at radius 3 is 2.50 bits per heavy atom. The van der Waals surface area contributed by atoms with Crippen molar-refractivity contribution in [3.63, 3.8) is 0 Å². The molecular formula is C10H13NO2Zn. The molecule has 0 heterocycles. The molecule has 0 saturated heterocycles. The minimum Gasteiger partial charge on any atom is -0.480 e. The first kappa shape index (κ1) is 13.3. The molecule has 0 saturated carbocycles. The van der Waals surface area contributed by atoms with Crippen LogP contribution in [0.5, 0.6) is 0 Å². The van der Waals surface area contributed by atoms with E-state index in [0.29, 0.717) is 6.54 Å². The molecule has 0 amide bonds. The molecule has 0 spiro atoms. The van der Waals surface area contributed by atoms with Crippen LogP contribution in [-0.4, -0.2) is 24.2 Å². The molecule has 0 aliphatic carbocycles. The molecule has 1 aromatic carbocycles. The van der Waals surface area contributed by atoms with E-state index in [-0.39, 0.29) is 26.0 Å². The van der Waals surface area contributed by atoms with Crippen molar-refractivity contribution in [1.29, 1.82) is 0 Å². The number of aliphatic carboxylic acids is 1. The number of rotatable bonds is 5. The molecule has 0 bridgehead atoms. The van der Waals surface area contributed by atoms with Crippen LogP contribution in [0.15, 0.2) is 30.3 Å². The molecule has 0 unspecified atom stereocenters. The van der Waals surface area contributed by atoms with Crippen LogP contribution >= 0.6 is 0 Å². The zero-order valence-electron chi connectivity index (χ0n) is 8.07. The minimum atomic E-state index is -0.812. The van der Waals surface area contributed by atoms with Gasteiger partial charge < -0.3 is 10.4 Å². The fourth-order valence-corrected chi connectivity index (χ4v) is 1.07. The Morgan fingerprint density at radius 1 is 1.29 bits per heavy atom. The molecule has 1 rings (SSSR count). The molecule has 0 aliphatic heterocycles. The van der Waals surface area contributed by atoms with E-state index in [1.165, 1.54) is 5.56 Å². The van der Waals surface area contributed by atoms with Crippen LogP contribution in [0.25, 0.3) is 0 Å². The summed E-state index contributed by atoms with van der Waals surface area (Å²) >= 11 is 0. The van der Waals surface area contributed by atoms with Gasteiger partial charge in [-0.25, -0.2) is 0 Å². The first-order chi connectivity index (χ1) is 6.29. The summed E-state index contributed by atoms with van der Waals surface area (Å²) in [5.74, 6) is -0.812. The van der Waals surface area contributed by atoms with Gasteiger partial charge in [-0.3, -0.25) is 4.79 Å². The van der Waals surface area contributed by atoms with Crippen LogP contribution in [0.3, 0.4) is 0 Å². The molecule has 0 aromatic heterocycles. The van der Waals surface area contributed by atoms with E-state index in [0.717, 1.165) is 6.42 Å². The summed E-state index contributed by atoms with van der Waals surface area (Å²) in [4.78, 5) is 10.1. The van der Waals surface area contributed by atoms with E-state index in [9.17, 15) is 4.79 Å². The van der Waals surface area contributed by atoms with E-state index in [2.05, 4.69) is 5.32 Å². The molecule has 4 heteroatoms. The predicted molar refractivity (Wildman–Crippen MR) is 50.7 cm³/mol. The molecule has 0 aliphatic rings. The second-order valence-corrected chi connectivity index (χ2v) is 2.81. The van der Waals surface area contributed by atoms with Gasteiger partial charge in [-0.1, -0.05) is 30.3 Å². The fraction of sp³-hybridized carbons (Fsp3) is 0.300. The van der Waals surface area contributed by atoms with Gasteiger partial charge in [0.15, 0.2) is 0 Å². The summed E-state index contributed by atoms with van der Waals surface area (Å²) in [6, 6.07) is 9.98. The Hall–Kier alpha value is -0.727. The summed E-state index contributed by atoms with van der Waals surface area (Å²) < 4.78 is 0. The average Bonchev–Trinajstić information content (AvgIpc) is 2.14. The first-order valence-corrected chi connectivity index (χ1v) is 4.25. The van der Waals surface area contributed by atoms with Gasteiger partial charge in [0.2, 0.25) is 0 Å². The Balaban J connectivity index is 0.00000169. The minimum absolute atomic E-state index is 0. The molecule has 1 aromatic rings. The predicted octanol–water partition coefficient (Wildman–Crippen LogP) is 0.901. The van der Waals surface area contributed by atoms with Crippen molar-refractivity contribution in [1.82, 2.24) is 5.32 Å². The zero-order chi connectivity index (χ0) is 9.52. The number of hydrogen-bond acceptors (Lipinski definition) is 2. The van der Waals surface area contributed by atoms with Crippen molar-refractivity contribution in [2.75, 3.05) is 13.1 Å². The Labute approximate surface area is 96.3 Å². The van der Waals surface area contributed by atoms with Crippen molar-refractivity contribution in [2.45, 2.75) is 6.42 Å². The number of carboxylic acids is 1. The number of carboxylic acid groups (broad SMARTS) is 1. The third-order valence-corrected chi connectivity index (χ3v) is 1.71. The summed E-state index contributed by atoms with van der Waals surface area (Å²) in [5.41, 5.74) is 1.22. The van der Waals surface area contributed by atoms with E-state index in [4.69, 9.17) is 5.11 Å². The molecule has 3 nitrogen and oxygen atoms in total. The normalized spacial score (nSPS) is 9.14. The van der Waals surface area contributed by atoms with Gasteiger partial charge in [-0.05, 0) is 18.5 Å². The van der Waals surface area contributed by atoms with Crippen LogP contribution in [0.1, 0.15) is 5.56 Å². The maximum atomic E-state index is 10.1. The van der Waals surface area contributed by atoms with Crippen molar-refractivity contribution >= 4 is 5.97 Å². The molecule has 0 fully saturated rings. The van der Waals surface area contributed by atoms with Crippen LogP contribution < -0.4 is 5.32 Å². The molecule has 14 heavy (non-hydrogen) atoms. The summed E-state index contributed by atoms with van der Waals surface area (Å²) in [6.07, 6.45) is 0.869. The van der Waals surface area contributed by atoms with E-state index < -0.39 is 5.97 Å². The Bertz CT molecular complexity index is 264. The van der Waals surface area contributed by atoms with Gasteiger partial charge >= 0.3 is 5.97 Å². The van der Waals surface area contributed by atoms with E-state index >= 15 is 0 Å². The SMILES string of the molecule is O=C(O)CNCCc1ccccc1.[Zn]. The second-order valence-electron chi connectivity index (χ2n) is 2.81. The third-order valence-electron chi connectivity index (χ3n) is 1.71. The van der Waals surface area contributed by atoms with Crippen LogP contribution in [-0.2, 0) is 30.7 Å². The Morgan fingerprint density at radius 2 is 1.93 bits per heavy atom. The van der Waals surface area contributed by atoms with Gasteiger partial charge in [0.05, 0.1) is 6.54 Å². The first-order valence-electron chi connectivity index (χ1n) is 4.25. The summed E-state index contributed by atoms with van der Waals surface area (Å²) in [7, 11) is 0. The smallest absolute Gasteiger partial charge is 0.317 e. The van der Waals surface area contributed by atoms with E-state index in [1.807, 2.05) is 30.3 Å². The maximum absolute atomic E-state index is 10.1. The molecule has 0 radical (unpaired) electrons. The quantitative estimate of drug-likeness (QED) is 0.598. The molecule has 72 valence electrons. The largest absolute Gasteiger partial charge is 0.480 e. The van der Waals surface area contributed by atoms with Gasteiger partial charge in [0.1, 0.15) is 0 Å². The number of benzene rings is 1. The van der Waals surface area contributed by atoms with Gasteiger partial charge in [0, 0.05) is 19.5 Å². The maximum Gasteiger partial charge on any atom is 0.317 e. The van der Waals surface area contributed by atoms with Crippen LogP contribution in [0, 0.1) is 0 Å². The van der Waals surface area contributed by atoms with Crippen molar-refractivity contribution < 1.29 is 29.4 Å². The van der Waals surface area contributed by atoms with Crippen molar-refractivity contribution in [3.05, 3.63) is 35.9 Å². The van der Waals surface area contributed by atoms with E-state index in [1.54, 1.807) is 0 Å². The standard InChI is InChI=1S/C10H13NO2.Zn/c12-10(13)8-11-7-6-9-4-2-1-3-5-9;/h1-5,11H,6-8H2,(H,12,13);. The second kappa shape index (κ2) is 7.66. The zero-order valence-corrected chi connectivity index (χ0v) is 11.0. The molecular weight excluding hydrogens is 232 g/mol. The van der Waals surface area contributed by atoms with Crippen LogP contribution in [0.2, 0.25) is 0 Å². The van der Waals surface area contributed by atoms with Crippen LogP contribution in [0.4, 0.5) is 0 Å². The van der Waals surface area contributed by atoms with Crippen molar-refractivity contribution in [3.8, 4) is 0 Å².